The van der Waals surface area contributed by atoms with Crippen LogP contribution in [0.1, 0.15) is 34.7 Å². The lowest BCUT2D eigenvalue weighted by Crippen LogP contribution is -2.24. The lowest BCUT2D eigenvalue weighted by atomic mass is 9.88. The molecule has 1 amide bonds. The first-order chi connectivity index (χ1) is 8.09. The van der Waals surface area contributed by atoms with Crippen molar-refractivity contribution in [2.75, 3.05) is 12.3 Å². The van der Waals surface area contributed by atoms with Crippen molar-refractivity contribution in [3.8, 4) is 0 Å². The number of ether oxygens (including phenoxy) is 1. The number of rotatable bonds is 2. The van der Waals surface area contributed by atoms with Crippen molar-refractivity contribution in [2.24, 2.45) is 5.73 Å². The Morgan fingerprint density at radius 3 is 3.00 bits per heavy atom. The highest BCUT2D eigenvalue weighted by Gasteiger charge is 2.27. The van der Waals surface area contributed by atoms with E-state index in [2.05, 4.69) is 4.98 Å². The Morgan fingerprint density at radius 2 is 2.35 bits per heavy atom. The molecule has 4 N–H and O–H groups in total. The van der Waals surface area contributed by atoms with Crippen LogP contribution in [-0.2, 0) is 4.74 Å². The quantitative estimate of drug-likeness (QED) is 0.803. The Balaban J connectivity index is 2.37. The smallest absolute Gasteiger partial charge is 0.252 e. The van der Waals surface area contributed by atoms with Gasteiger partial charge in [0.05, 0.1) is 12.2 Å². The summed E-state index contributed by atoms with van der Waals surface area (Å²) in [6, 6.07) is 1.67. The van der Waals surface area contributed by atoms with E-state index < -0.39 is 12.3 Å². The number of carbonyl (C=O) groups is 1. The number of carbonyl (C=O) groups excluding carboxylic acids is 1. The van der Waals surface area contributed by atoms with Gasteiger partial charge in [0.15, 0.2) is 6.36 Å². The van der Waals surface area contributed by atoms with E-state index in [9.17, 15) is 9.18 Å². The molecule has 0 saturated carbocycles. The third-order valence-electron chi connectivity index (χ3n) is 2.93. The van der Waals surface area contributed by atoms with E-state index in [1.54, 1.807) is 6.07 Å². The van der Waals surface area contributed by atoms with Crippen molar-refractivity contribution < 1.29 is 13.9 Å². The Kier molecular flexibility index (Phi) is 3.23. The molecule has 92 valence electrons. The van der Waals surface area contributed by atoms with Crippen molar-refractivity contribution in [3.05, 3.63) is 23.4 Å². The molecule has 1 fully saturated rings. The summed E-state index contributed by atoms with van der Waals surface area (Å²) in [6.45, 7) is 0.326. The van der Waals surface area contributed by atoms with Crippen LogP contribution in [0.5, 0.6) is 0 Å². The van der Waals surface area contributed by atoms with Crippen LogP contribution >= 0.6 is 0 Å². The minimum Gasteiger partial charge on any atom is -0.383 e. The first kappa shape index (κ1) is 11.8. The maximum Gasteiger partial charge on any atom is 0.252 e. The predicted octanol–water partition coefficient (Wildman–Crippen LogP) is 0.952. The van der Waals surface area contributed by atoms with E-state index >= 15 is 0 Å². The number of primary amides is 1. The van der Waals surface area contributed by atoms with Gasteiger partial charge in [-0.1, -0.05) is 0 Å². The number of alkyl halides is 1. The maximum atomic E-state index is 13.2. The van der Waals surface area contributed by atoms with Gasteiger partial charge < -0.3 is 16.2 Å². The van der Waals surface area contributed by atoms with Crippen LogP contribution in [0.3, 0.4) is 0 Å². The molecule has 5 nitrogen and oxygen atoms in total. The number of anilines is 1. The fraction of sp³-hybridized carbons (Fsp3) is 0.455. The van der Waals surface area contributed by atoms with Crippen molar-refractivity contribution in [1.82, 2.24) is 4.98 Å². The first-order valence-electron chi connectivity index (χ1n) is 5.39. The van der Waals surface area contributed by atoms with Crippen LogP contribution in [0.2, 0.25) is 0 Å². The van der Waals surface area contributed by atoms with Crippen LogP contribution in [0.4, 0.5) is 10.2 Å². The van der Waals surface area contributed by atoms with Gasteiger partial charge in [-0.25, -0.2) is 9.37 Å². The third-order valence-corrected chi connectivity index (χ3v) is 2.93. The van der Waals surface area contributed by atoms with Crippen molar-refractivity contribution in [3.63, 3.8) is 0 Å². The molecule has 1 aliphatic rings. The average Bonchev–Trinajstić information content (AvgIpc) is 2.28. The number of amides is 1. The first-order valence-corrected chi connectivity index (χ1v) is 5.39. The van der Waals surface area contributed by atoms with Gasteiger partial charge in [0, 0.05) is 12.6 Å². The fourth-order valence-electron chi connectivity index (χ4n) is 2.13. The standard InChI is InChI=1S/C11H14FN3O2/c12-8-5-6(2-4-17-8)7-1-3-15-10(13)9(7)11(14)16/h1,3,6,8H,2,4-5H2,(H2,13,15)(H2,14,16). The highest BCUT2D eigenvalue weighted by Crippen LogP contribution is 2.33. The van der Waals surface area contributed by atoms with Gasteiger partial charge in [0.2, 0.25) is 0 Å². The highest BCUT2D eigenvalue weighted by atomic mass is 19.1. The van der Waals surface area contributed by atoms with Crippen LogP contribution in [0.25, 0.3) is 0 Å². The van der Waals surface area contributed by atoms with Crippen molar-refractivity contribution in [1.29, 1.82) is 0 Å². The largest absolute Gasteiger partial charge is 0.383 e. The molecule has 1 aliphatic heterocycles. The van der Waals surface area contributed by atoms with Gasteiger partial charge in [0.1, 0.15) is 5.82 Å². The monoisotopic (exact) mass is 239 g/mol. The summed E-state index contributed by atoms with van der Waals surface area (Å²) in [5, 5.41) is 0. The summed E-state index contributed by atoms with van der Waals surface area (Å²) in [6.07, 6.45) is 1.05. The topological polar surface area (TPSA) is 91.2 Å². The molecule has 0 aliphatic carbocycles. The molecular formula is C11H14FN3O2. The molecule has 2 heterocycles. The minimum absolute atomic E-state index is 0.0944. The molecule has 6 heteroatoms. The van der Waals surface area contributed by atoms with E-state index in [1.165, 1.54) is 6.20 Å². The predicted molar refractivity (Wildman–Crippen MR) is 60.0 cm³/mol. The van der Waals surface area contributed by atoms with E-state index in [1.807, 2.05) is 0 Å². The van der Waals surface area contributed by atoms with Gasteiger partial charge in [-0.05, 0) is 24.0 Å². The maximum absolute atomic E-state index is 13.2. The van der Waals surface area contributed by atoms with Gasteiger partial charge in [-0.3, -0.25) is 4.79 Å². The Morgan fingerprint density at radius 1 is 1.59 bits per heavy atom. The molecule has 0 bridgehead atoms. The summed E-state index contributed by atoms with van der Waals surface area (Å²) in [7, 11) is 0. The summed E-state index contributed by atoms with van der Waals surface area (Å²) >= 11 is 0. The SMILES string of the molecule is NC(=O)c1c(C2CCOC(F)C2)ccnc1N. The number of nitrogen functional groups attached to an aromatic ring is 1. The molecule has 0 aromatic carbocycles. The third kappa shape index (κ3) is 2.36. The van der Waals surface area contributed by atoms with E-state index in [4.69, 9.17) is 16.2 Å². The molecular weight excluding hydrogens is 225 g/mol. The van der Waals surface area contributed by atoms with Gasteiger partial charge in [0.25, 0.3) is 5.91 Å². The van der Waals surface area contributed by atoms with Crippen LogP contribution < -0.4 is 11.5 Å². The lowest BCUT2D eigenvalue weighted by molar-refractivity contribution is -0.0749. The lowest BCUT2D eigenvalue weighted by Gasteiger charge is -2.26. The van der Waals surface area contributed by atoms with E-state index in [0.717, 1.165) is 0 Å². The summed E-state index contributed by atoms with van der Waals surface area (Å²) < 4.78 is 18.0. The number of nitrogens with two attached hydrogens (primary N) is 2. The van der Waals surface area contributed by atoms with E-state index in [-0.39, 0.29) is 23.7 Å². The van der Waals surface area contributed by atoms with Crippen LogP contribution in [0, 0.1) is 0 Å². The highest BCUT2D eigenvalue weighted by molar-refractivity contribution is 5.98. The van der Waals surface area contributed by atoms with Gasteiger partial charge in [-0.2, -0.15) is 0 Å². The van der Waals surface area contributed by atoms with Gasteiger partial charge >= 0.3 is 0 Å². The van der Waals surface area contributed by atoms with Crippen LogP contribution in [0.15, 0.2) is 12.3 Å². The van der Waals surface area contributed by atoms with Gasteiger partial charge in [-0.15, -0.1) is 0 Å². The minimum atomic E-state index is -1.30. The van der Waals surface area contributed by atoms with Crippen molar-refractivity contribution >= 4 is 11.7 Å². The zero-order chi connectivity index (χ0) is 12.4. The number of nitrogens with zero attached hydrogens (tertiary/aromatic N) is 1. The molecule has 2 atom stereocenters. The molecule has 2 rings (SSSR count). The second-order valence-electron chi connectivity index (χ2n) is 4.03. The van der Waals surface area contributed by atoms with Crippen molar-refractivity contribution in [2.45, 2.75) is 25.1 Å². The Bertz CT molecular complexity index is 439. The molecule has 17 heavy (non-hydrogen) atoms. The number of halogens is 1. The molecule has 0 radical (unpaired) electrons. The summed E-state index contributed by atoms with van der Waals surface area (Å²) in [5.74, 6) is -0.643. The molecule has 1 aromatic heterocycles. The second-order valence-corrected chi connectivity index (χ2v) is 4.03. The summed E-state index contributed by atoms with van der Waals surface area (Å²) in [5.41, 5.74) is 11.8. The summed E-state index contributed by atoms with van der Waals surface area (Å²) in [4.78, 5) is 15.2. The Labute approximate surface area is 98.0 Å². The van der Waals surface area contributed by atoms with E-state index in [0.29, 0.717) is 18.6 Å². The average molecular weight is 239 g/mol. The van der Waals surface area contributed by atoms with Crippen LogP contribution in [-0.4, -0.2) is 23.9 Å². The normalized spacial score (nSPS) is 24.5. The molecule has 1 saturated heterocycles. The molecule has 1 aromatic rings. The molecule has 2 unspecified atom stereocenters. The molecule has 0 spiro atoms. The second kappa shape index (κ2) is 4.67. The fourth-order valence-corrected chi connectivity index (χ4v) is 2.13. The number of hydrogen-bond donors (Lipinski definition) is 2. The zero-order valence-electron chi connectivity index (χ0n) is 9.23. The number of aromatic nitrogens is 1. The Hall–Kier alpha value is -1.69. The number of pyridine rings is 1. The number of hydrogen-bond acceptors (Lipinski definition) is 4. The zero-order valence-corrected chi connectivity index (χ0v) is 9.23.